The van der Waals surface area contributed by atoms with Crippen molar-refractivity contribution < 1.29 is 18.0 Å². The van der Waals surface area contributed by atoms with Gasteiger partial charge in [-0.1, -0.05) is 108 Å². The quantitative estimate of drug-likeness (QED) is 0.137. The van der Waals surface area contributed by atoms with Gasteiger partial charge in [0.1, 0.15) is 12.6 Å². The molecule has 0 spiro atoms. The van der Waals surface area contributed by atoms with Gasteiger partial charge in [0, 0.05) is 24.5 Å². The number of nitrogens with one attached hydrogen (secondary N) is 1. The van der Waals surface area contributed by atoms with Crippen LogP contribution in [0.25, 0.3) is 0 Å². The normalized spacial score (nSPS) is 11.9. The fourth-order valence-electron chi connectivity index (χ4n) is 4.85. The molecule has 7 nitrogen and oxygen atoms in total. The third kappa shape index (κ3) is 9.26. The van der Waals surface area contributed by atoms with E-state index in [0.717, 1.165) is 33.8 Å². The maximum absolute atomic E-state index is 14.5. The number of aryl methyl sites for hydroxylation is 1. The lowest BCUT2D eigenvalue weighted by atomic mass is 10.0. The van der Waals surface area contributed by atoms with Crippen LogP contribution < -0.4 is 9.62 Å². The van der Waals surface area contributed by atoms with Gasteiger partial charge < -0.3 is 10.2 Å². The van der Waals surface area contributed by atoms with Crippen molar-refractivity contribution in [1.29, 1.82) is 0 Å². The molecule has 0 unspecified atom stereocenters. The molecule has 0 fully saturated rings. The van der Waals surface area contributed by atoms with Gasteiger partial charge in [0.15, 0.2) is 0 Å². The molecule has 0 radical (unpaired) electrons. The fraction of sp³-hybridized carbons (Fsp3) is 0.257. The predicted molar refractivity (Wildman–Crippen MR) is 186 cm³/mol. The lowest BCUT2D eigenvalue weighted by molar-refractivity contribution is -0.140. The van der Waals surface area contributed by atoms with Crippen LogP contribution in [0.5, 0.6) is 0 Å². The molecule has 4 aromatic rings. The number of carbonyl (C=O) groups excluding carboxylic acids is 2. The van der Waals surface area contributed by atoms with Crippen molar-refractivity contribution >= 4 is 62.3 Å². The van der Waals surface area contributed by atoms with E-state index in [1.807, 2.05) is 44.2 Å². The maximum Gasteiger partial charge on any atom is 0.264 e. The van der Waals surface area contributed by atoms with Gasteiger partial charge in [0.05, 0.1) is 20.6 Å². The number of hydrogen-bond donors (Lipinski definition) is 1. The second kappa shape index (κ2) is 16.3. The van der Waals surface area contributed by atoms with E-state index < -0.39 is 28.5 Å². The monoisotopic (exact) mass is 699 g/mol. The van der Waals surface area contributed by atoms with E-state index in [2.05, 4.69) is 5.32 Å². The minimum absolute atomic E-state index is 0.000585. The van der Waals surface area contributed by atoms with Crippen LogP contribution in [0.1, 0.15) is 36.5 Å². The van der Waals surface area contributed by atoms with E-state index in [-0.39, 0.29) is 39.5 Å². The number of anilines is 1. The van der Waals surface area contributed by atoms with E-state index in [1.165, 1.54) is 35.2 Å². The standard InChI is InChI=1S/C35H36Cl3N3O4S/c1-3-4-20-39-35(43)33(21-26-8-6-5-7-9-26)40(23-27-12-14-28(36)15-13-27)34(42)24-41(29-16-19-31(37)32(38)22-29)46(44,45)30-17-10-25(2)11-18-30/h5-19,22,33H,3-4,20-21,23-24H2,1-2H3,(H,39,43)/t33-/m0/s1. The second-order valence-electron chi connectivity index (χ2n) is 10.9. The Morgan fingerprint density at radius 3 is 2.13 bits per heavy atom. The minimum atomic E-state index is -4.26. The van der Waals surface area contributed by atoms with Crippen LogP contribution in [0.2, 0.25) is 15.1 Å². The molecule has 4 rings (SSSR count). The third-order valence-corrected chi connectivity index (χ3v) is 10.2. The summed E-state index contributed by atoms with van der Waals surface area (Å²) in [6.45, 7) is 3.75. The summed E-state index contributed by atoms with van der Waals surface area (Å²) in [5.41, 5.74) is 2.60. The molecule has 0 aromatic heterocycles. The Bertz CT molecular complexity index is 1740. The van der Waals surface area contributed by atoms with Crippen LogP contribution >= 0.6 is 34.8 Å². The smallest absolute Gasteiger partial charge is 0.264 e. The van der Waals surface area contributed by atoms with E-state index in [4.69, 9.17) is 34.8 Å². The van der Waals surface area contributed by atoms with Crippen LogP contribution in [0.3, 0.4) is 0 Å². The molecule has 2 amide bonds. The van der Waals surface area contributed by atoms with Crippen molar-refractivity contribution in [2.45, 2.75) is 50.6 Å². The zero-order valence-corrected chi connectivity index (χ0v) is 28.7. The number of sulfonamides is 1. The molecule has 46 heavy (non-hydrogen) atoms. The Kier molecular flexibility index (Phi) is 12.5. The van der Waals surface area contributed by atoms with Gasteiger partial charge >= 0.3 is 0 Å². The number of amides is 2. The van der Waals surface area contributed by atoms with Crippen molar-refractivity contribution in [2.75, 3.05) is 17.4 Å². The fourth-order valence-corrected chi connectivity index (χ4v) is 6.68. The Balaban J connectivity index is 1.80. The first-order chi connectivity index (χ1) is 22.0. The highest BCUT2D eigenvalue weighted by Crippen LogP contribution is 2.31. The highest BCUT2D eigenvalue weighted by atomic mass is 35.5. The first-order valence-corrected chi connectivity index (χ1v) is 17.5. The second-order valence-corrected chi connectivity index (χ2v) is 14.0. The Hall–Kier alpha value is -3.56. The van der Waals surface area contributed by atoms with Gasteiger partial charge in [0.25, 0.3) is 10.0 Å². The molecule has 4 aromatic carbocycles. The molecule has 0 saturated heterocycles. The van der Waals surface area contributed by atoms with Crippen molar-refractivity contribution in [2.24, 2.45) is 0 Å². The molecular formula is C35H36Cl3N3O4S. The summed E-state index contributed by atoms with van der Waals surface area (Å²) >= 11 is 18.6. The summed E-state index contributed by atoms with van der Waals surface area (Å²) in [4.78, 5) is 29.8. The van der Waals surface area contributed by atoms with E-state index >= 15 is 0 Å². The number of nitrogens with zero attached hydrogens (tertiary/aromatic N) is 2. The maximum atomic E-state index is 14.5. The SMILES string of the molecule is CCCCNC(=O)[C@H](Cc1ccccc1)N(Cc1ccc(Cl)cc1)C(=O)CN(c1ccc(Cl)c(Cl)c1)S(=O)(=O)c1ccc(C)cc1. The average Bonchev–Trinajstić information content (AvgIpc) is 3.04. The zero-order valence-electron chi connectivity index (χ0n) is 25.6. The summed E-state index contributed by atoms with van der Waals surface area (Å²) in [7, 11) is -4.26. The topological polar surface area (TPSA) is 86.8 Å². The molecule has 242 valence electrons. The zero-order chi connectivity index (χ0) is 33.3. The van der Waals surface area contributed by atoms with Gasteiger partial charge in [-0.25, -0.2) is 8.42 Å². The number of unbranched alkanes of at least 4 members (excludes halogenated alkanes) is 1. The minimum Gasteiger partial charge on any atom is -0.354 e. The van der Waals surface area contributed by atoms with Gasteiger partial charge in [-0.3, -0.25) is 13.9 Å². The van der Waals surface area contributed by atoms with Crippen LogP contribution in [0.4, 0.5) is 5.69 Å². The average molecular weight is 701 g/mol. The summed E-state index contributed by atoms with van der Waals surface area (Å²) in [5, 5.41) is 3.87. The van der Waals surface area contributed by atoms with Crippen molar-refractivity contribution in [1.82, 2.24) is 10.2 Å². The molecular weight excluding hydrogens is 665 g/mol. The van der Waals surface area contributed by atoms with Crippen LogP contribution in [0.15, 0.2) is 102 Å². The lowest BCUT2D eigenvalue weighted by Gasteiger charge is -2.34. The third-order valence-electron chi connectivity index (χ3n) is 7.45. The Labute approximate surface area is 286 Å². The van der Waals surface area contributed by atoms with Gasteiger partial charge in [0.2, 0.25) is 11.8 Å². The highest BCUT2D eigenvalue weighted by Gasteiger charge is 2.34. The van der Waals surface area contributed by atoms with Crippen molar-refractivity contribution in [3.05, 3.63) is 129 Å². The van der Waals surface area contributed by atoms with Crippen LogP contribution in [0, 0.1) is 6.92 Å². The molecule has 0 aliphatic rings. The van der Waals surface area contributed by atoms with Crippen molar-refractivity contribution in [3.63, 3.8) is 0 Å². The summed E-state index contributed by atoms with van der Waals surface area (Å²) in [6.07, 6.45) is 1.87. The molecule has 11 heteroatoms. The van der Waals surface area contributed by atoms with Crippen molar-refractivity contribution in [3.8, 4) is 0 Å². The number of halogens is 3. The first-order valence-electron chi connectivity index (χ1n) is 14.9. The Morgan fingerprint density at radius 1 is 0.826 bits per heavy atom. The predicted octanol–water partition coefficient (Wildman–Crippen LogP) is 7.71. The van der Waals surface area contributed by atoms with Gasteiger partial charge in [-0.05, 0) is 66.9 Å². The van der Waals surface area contributed by atoms with Crippen LogP contribution in [-0.4, -0.2) is 44.3 Å². The summed E-state index contributed by atoms with van der Waals surface area (Å²) in [5.74, 6) is -0.912. The van der Waals surface area contributed by atoms with Crippen LogP contribution in [-0.2, 0) is 32.6 Å². The first kappa shape index (κ1) is 35.3. The van der Waals surface area contributed by atoms with E-state index in [0.29, 0.717) is 11.6 Å². The van der Waals surface area contributed by atoms with E-state index in [9.17, 15) is 18.0 Å². The number of rotatable bonds is 14. The van der Waals surface area contributed by atoms with Gasteiger partial charge in [-0.15, -0.1) is 0 Å². The molecule has 1 atom stereocenters. The summed E-state index contributed by atoms with van der Waals surface area (Å²) < 4.78 is 29.3. The molecule has 0 aliphatic heterocycles. The Morgan fingerprint density at radius 2 is 1.50 bits per heavy atom. The van der Waals surface area contributed by atoms with Gasteiger partial charge in [-0.2, -0.15) is 0 Å². The molecule has 0 saturated carbocycles. The summed E-state index contributed by atoms with van der Waals surface area (Å²) in [6, 6.07) is 26.1. The lowest BCUT2D eigenvalue weighted by Crippen LogP contribution is -2.53. The highest BCUT2D eigenvalue weighted by molar-refractivity contribution is 7.92. The number of benzene rings is 4. The van der Waals surface area contributed by atoms with E-state index in [1.54, 1.807) is 36.4 Å². The number of hydrogen-bond acceptors (Lipinski definition) is 4. The molecule has 0 aliphatic carbocycles. The number of carbonyl (C=O) groups is 2. The molecule has 0 heterocycles. The molecule has 1 N–H and O–H groups in total. The largest absolute Gasteiger partial charge is 0.354 e. The molecule has 0 bridgehead atoms.